The Labute approximate surface area is 192 Å². The van der Waals surface area contributed by atoms with Crippen LogP contribution < -0.4 is 14.9 Å². The molecule has 1 N–H and O–H groups in total. The number of nitrogens with one attached hydrogen (secondary N) is 1. The zero-order chi connectivity index (χ0) is 22.9. The minimum Gasteiger partial charge on any atom is -0.493 e. The van der Waals surface area contributed by atoms with Crippen molar-refractivity contribution >= 4 is 23.9 Å². The first kappa shape index (κ1) is 23.3. The van der Waals surface area contributed by atoms with Crippen LogP contribution >= 0.6 is 11.8 Å². The van der Waals surface area contributed by atoms with Gasteiger partial charge in [-0.1, -0.05) is 43.0 Å². The van der Waals surface area contributed by atoms with Crippen molar-refractivity contribution < 1.29 is 14.3 Å². The molecule has 0 unspecified atom stereocenters. The van der Waals surface area contributed by atoms with Gasteiger partial charge in [-0.15, -0.1) is 10.2 Å². The molecule has 1 aromatic heterocycles. The fourth-order valence-electron chi connectivity index (χ4n) is 3.05. The van der Waals surface area contributed by atoms with E-state index in [4.69, 9.17) is 9.47 Å². The van der Waals surface area contributed by atoms with Gasteiger partial charge in [0.15, 0.2) is 22.5 Å². The Morgan fingerprint density at radius 2 is 1.84 bits per heavy atom. The smallest absolute Gasteiger partial charge is 0.250 e. The Bertz CT molecular complexity index is 1080. The third kappa shape index (κ3) is 5.67. The third-order valence-corrected chi connectivity index (χ3v) is 5.76. The lowest BCUT2D eigenvalue weighted by Crippen LogP contribution is -2.20. The minimum atomic E-state index is -0.213. The van der Waals surface area contributed by atoms with E-state index in [2.05, 4.69) is 27.6 Å². The first-order valence-corrected chi connectivity index (χ1v) is 11.3. The largest absolute Gasteiger partial charge is 0.493 e. The van der Waals surface area contributed by atoms with Crippen molar-refractivity contribution in [3.8, 4) is 22.9 Å². The van der Waals surface area contributed by atoms with Crippen molar-refractivity contribution in [2.45, 2.75) is 32.0 Å². The van der Waals surface area contributed by atoms with E-state index in [1.54, 1.807) is 20.4 Å². The van der Waals surface area contributed by atoms with Crippen molar-refractivity contribution in [1.29, 1.82) is 0 Å². The first-order valence-electron chi connectivity index (χ1n) is 10.3. The highest BCUT2D eigenvalue weighted by atomic mass is 32.2. The standard InChI is InChI=1S/C23H27N5O3S/c1-5-16-7-9-17(10-8-16)14-24-25-21(29)15-32-23-27-26-22(28(23)6-2)18-11-12-19(30-3)20(13-18)31-4/h7-14H,5-6,15H2,1-4H3,(H,25,29). The summed E-state index contributed by atoms with van der Waals surface area (Å²) in [5.74, 6) is 1.92. The molecule has 3 rings (SSSR count). The van der Waals surface area contributed by atoms with Crippen LogP contribution in [0.15, 0.2) is 52.7 Å². The van der Waals surface area contributed by atoms with Gasteiger partial charge in [0.2, 0.25) is 0 Å². The van der Waals surface area contributed by atoms with E-state index in [1.807, 2.05) is 54.0 Å². The van der Waals surface area contributed by atoms with Gasteiger partial charge >= 0.3 is 0 Å². The quantitative estimate of drug-likeness (QED) is 0.285. The Morgan fingerprint density at radius 1 is 1.09 bits per heavy atom. The summed E-state index contributed by atoms with van der Waals surface area (Å²) in [5, 5.41) is 13.3. The number of ether oxygens (including phenoxy) is 2. The van der Waals surface area contributed by atoms with Crippen LogP contribution in [0.5, 0.6) is 11.5 Å². The molecular formula is C23H27N5O3S. The molecule has 0 saturated carbocycles. The van der Waals surface area contributed by atoms with Gasteiger partial charge in [-0.05, 0) is 42.7 Å². The second-order valence-corrected chi connectivity index (χ2v) is 7.74. The van der Waals surface area contributed by atoms with Gasteiger partial charge in [0, 0.05) is 12.1 Å². The Morgan fingerprint density at radius 3 is 2.50 bits per heavy atom. The Balaban J connectivity index is 1.62. The summed E-state index contributed by atoms with van der Waals surface area (Å²) in [6.45, 7) is 4.77. The number of hydrazone groups is 1. The highest BCUT2D eigenvalue weighted by Crippen LogP contribution is 2.32. The molecule has 9 heteroatoms. The summed E-state index contributed by atoms with van der Waals surface area (Å²) >= 11 is 1.31. The maximum atomic E-state index is 12.2. The maximum absolute atomic E-state index is 12.2. The minimum absolute atomic E-state index is 0.177. The van der Waals surface area contributed by atoms with Gasteiger partial charge in [-0.3, -0.25) is 4.79 Å². The second-order valence-electron chi connectivity index (χ2n) is 6.80. The number of hydrogen-bond donors (Lipinski definition) is 1. The summed E-state index contributed by atoms with van der Waals surface area (Å²) in [5.41, 5.74) is 5.60. The highest BCUT2D eigenvalue weighted by Gasteiger charge is 2.16. The lowest BCUT2D eigenvalue weighted by atomic mass is 10.1. The van der Waals surface area contributed by atoms with Crippen molar-refractivity contribution in [1.82, 2.24) is 20.2 Å². The molecule has 0 atom stereocenters. The molecule has 0 radical (unpaired) electrons. The maximum Gasteiger partial charge on any atom is 0.250 e. The van der Waals surface area contributed by atoms with E-state index in [0.717, 1.165) is 17.5 Å². The second kappa shape index (κ2) is 11.3. The van der Waals surface area contributed by atoms with Crippen LogP contribution in [-0.4, -0.2) is 46.9 Å². The first-order chi connectivity index (χ1) is 15.6. The van der Waals surface area contributed by atoms with Gasteiger partial charge in [-0.2, -0.15) is 5.10 Å². The fourth-order valence-corrected chi connectivity index (χ4v) is 3.84. The van der Waals surface area contributed by atoms with Gasteiger partial charge in [0.1, 0.15) is 0 Å². The molecule has 32 heavy (non-hydrogen) atoms. The van der Waals surface area contributed by atoms with E-state index in [9.17, 15) is 4.79 Å². The van der Waals surface area contributed by atoms with E-state index in [-0.39, 0.29) is 11.7 Å². The van der Waals surface area contributed by atoms with Crippen molar-refractivity contribution in [3.63, 3.8) is 0 Å². The summed E-state index contributed by atoms with van der Waals surface area (Å²) in [6.07, 6.45) is 2.62. The van der Waals surface area contributed by atoms with E-state index >= 15 is 0 Å². The van der Waals surface area contributed by atoms with Crippen molar-refractivity contribution in [2.24, 2.45) is 5.10 Å². The van der Waals surface area contributed by atoms with Crippen molar-refractivity contribution in [2.75, 3.05) is 20.0 Å². The van der Waals surface area contributed by atoms with Crippen molar-refractivity contribution in [3.05, 3.63) is 53.6 Å². The highest BCUT2D eigenvalue weighted by molar-refractivity contribution is 7.99. The average Bonchev–Trinajstić information content (AvgIpc) is 3.25. The molecule has 0 saturated heterocycles. The topological polar surface area (TPSA) is 90.6 Å². The number of aryl methyl sites for hydroxylation is 1. The molecule has 0 fully saturated rings. The zero-order valence-corrected chi connectivity index (χ0v) is 19.5. The van der Waals surface area contributed by atoms with Gasteiger partial charge in [-0.25, -0.2) is 5.43 Å². The summed E-state index contributed by atoms with van der Waals surface area (Å²) in [4.78, 5) is 12.2. The van der Waals surface area contributed by atoms with Crippen LogP contribution in [0, 0.1) is 0 Å². The molecule has 168 valence electrons. The lowest BCUT2D eigenvalue weighted by molar-refractivity contribution is -0.118. The fraction of sp³-hybridized carbons (Fsp3) is 0.304. The average molecular weight is 454 g/mol. The summed E-state index contributed by atoms with van der Waals surface area (Å²) < 4.78 is 12.6. The molecule has 1 heterocycles. The van der Waals surface area contributed by atoms with E-state index in [0.29, 0.717) is 29.0 Å². The van der Waals surface area contributed by atoms with Gasteiger partial charge in [0.25, 0.3) is 5.91 Å². The van der Waals surface area contributed by atoms with E-state index < -0.39 is 0 Å². The van der Waals surface area contributed by atoms with Gasteiger partial charge in [0.05, 0.1) is 26.2 Å². The number of nitrogens with zero attached hydrogens (tertiary/aromatic N) is 4. The Kier molecular flexibility index (Phi) is 8.27. The summed E-state index contributed by atoms with van der Waals surface area (Å²) in [7, 11) is 3.19. The number of aromatic nitrogens is 3. The van der Waals surface area contributed by atoms with Crippen LogP contribution in [0.2, 0.25) is 0 Å². The number of rotatable bonds is 10. The van der Waals surface area contributed by atoms with Crippen LogP contribution in [0.4, 0.5) is 0 Å². The van der Waals surface area contributed by atoms with Crippen LogP contribution in [0.1, 0.15) is 25.0 Å². The molecular weight excluding hydrogens is 426 g/mol. The molecule has 8 nitrogen and oxygen atoms in total. The Hall–Kier alpha value is -3.33. The van der Waals surface area contributed by atoms with Crippen LogP contribution in [0.25, 0.3) is 11.4 Å². The number of hydrogen-bond acceptors (Lipinski definition) is 7. The number of benzene rings is 2. The number of thioether (sulfide) groups is 1. The normalized spacial score (nSPS) is 11.0. The molecule has 2 aromatic carbocycles. The predicted molar refractivity (Wildman–Crippen MR) is 127 cm³/mol. The zero-order valence-electron chi connectivity index (χ0n) is 18.7. The molecule has 0 aliphatic rings. The number of carbonyl (C=O) groups excluding carboxylic acids is 1. The SMILES string of the molecule is CCc1ccc(C=NNC(=O)CSc2nnc(-c3ccc(OC)c(OC)c3)n2CC)cc1. The predicted octanol–water partition coefficient (Wildman–Crippen LogP) is 3.79. The summed E-state index contributed by atoms with van der Waals surface area (Å²) in [6, 6.07) is 13.6. The molecule has 0 bridgehead atoms. The lowest BCUT2D eigenvalue weighted by Gasteiger charge is -2.10. The number of methoxy groups -OCH3 is 2. The van der Waals surface area contributed by atoms with E-state index in [1.165, 1.54) is 17.3 Å². The van der Waals surface area contributed by atoms with Crippen LogP contribution in [-0.2, 0) is 17.8 Å². The van der Waals surface area contributed by atoms with Crippen LogP contribution in [0.3, 0.4) is 0 Å². The molecule has 0 spiro atoms. The van der Waals surface area contributed by atoms with Gasteiger partial charge < -0.3 is 14.0 Å². The molecule has 0 aliphatic heterocycles. The number of carbonyl (C=O) groups is 1. The number of amides is 1. The molecule has 0 aliphatic carbocycles. The monoisotopic (exact) mass is 453 g/mol. The molecule has 1 amide bonds. The third-order valence-electron chi connectivity index (χ3n) is 4.80. The molecule has 3 aromatic rings.